The molecule has 0 aliphatic heterocycles. The van der Waals surface area contributed by atoms with Crippen LogP contribution < -0.4 is 11.1 Å². The van der Waals surface area contributed by atoms with Crippen molar-refractivity contribution in [2.24, 2.45) is 5.73 Å². The van der Waals surface area contributed by atoms with Crippen LogP contribution in [0.2, 0.25) is 5.28 Å². The van der Waals surface area contributed by atoms with Crippen LogP contribution >= 0.6 is 11.6 Å². The first-order chi connectivity index (χ1) is 12.1. The number of nitrogens with one attached hydrogen (secondary N) is 1. The highest BCUT2D eigenvalue weighted by molar-refractivity contribution is 6.28. The highest BCUT2D eigenvalue weighted by atomic mass is 35.5. The van der Waals surface area contributed by atoms with Gasteiger partial charge in [-0.1, -0.05) is 18.9 Å². The molecular formula is C17H17ClN6O. The molecule has 1 aliphatic carbocycles. The first-order valence-corrected chi connectivity index (χ1v) is 8.56. The minimum Gasteiger partial charge on any atom is -0.366 e. The molecule has 128 valence electrons. The van der Waals surface area contributed by atoms with Crippen LogP contribution in [0.5, 0.6) is 0 Å². The molecule has 0 spiro atoms. The Kier molecular flexibility index (Phi) is 4.01. The summed E-state index contributed by atoms with van der Waals surface area (Å²) in [5.41, 5.74) is 7.81. The number of carbonyl (C=O) groups is 1. The molecule has 2 heterocycles. The summed E-state index contributed by atoms with van der Waals surface area (Å²) >= 11 is 6.13. The summed E-state index contributed by atoms with van der Waals surface area (Å²) in [6.07, 6.45) is 6.48. The second-order valence-electron chi connectivity index (χ2n) is 6.17. The van der Waals surface area contributed by atoms with Crippen LogP contribution in [0.1, 0.15) is 42.1 Å². The van der Waals surface area contributed by atoms with Crippen molar-refractivity contribution in [3.8, 4) is 0 Å². The Balaban J connectivity index is 1.74. The Bertz CT molecular complexity index is 947. The number of anilines is 2. The largest absolute Gasteiger partial charge is 0.366 e. The number of aromatic nitrogens is 4. The average Bonchev–Trinajstić information content (AvgIpc) is 3.24. The summed E-state index contributed by atoms with van der Waals surface area (Å²) in [6, 6.07) is 7.30. The van der Waals surface area contributed by atoms with Crippen molar-refractivity contribution < 1.29 is 4.79 Å². The minimum absolute atomic E-state index is 0.154. The minimum atomic E-state index is -0.486. The first-order valence-electron chi connectivity index (χ1n) is 8.19. The highest BCUT2D eigenvalue weighted by Crippen LogP contribution is 2.33. The van der Waals surface area contributed by atoms with E-state index < -0.39 is 5.91 Å². The maximum atomic E-state index is 11.4. The molecular weight excluding hydrogens is 340 g/mol. The van der Waals surface area contributed by atoms with Gasteiger partial charge >= 0.3 is 0 Å². The Morgan fingerprint density at radius 2 is 2.08 bits per heavy atom. The molecule has 3 aromatic rings. The van der Waals surface area contributed by atoms with Crippen LogP contribution in [0.25, 0.3) is 11.2 Å². The van der Waals surface area contributed by atoms with Gasteiger partial charge in [0.2, 0.25) is 11.2 Å². The SMILES string of the molecule is NC(=O)c1cccc(Nc2nc(Cl)nc3c2ncn3C2CCCC2)c1. The monoisotopic (exact) mass is 356 g/mol. The number of rotatable bonds is 4. The van der Waals surface area contributed by atoms with E-state index in [1.807, 2.05) is 6.07 Å². The van der Waals surface area contributed by atoms with E-state index in [0.717, 1.165) is 18.5 Å². The van der Waals surface area contributed by atoms with Crippen LogP contribution in [0, 0.1) is 0 Å². The molecule has 4 rings (SSSR count). The predicted octanol–water partition coefficient (Wildman–Crippen LogP) is 3.44. The fourth-order valence-electron chi connectivity index (χ4n) is 3.31. The molecule has 0 atom stereocenters. The maximum Gasteiger partial charge on any atom is 0.248 e. The van der Waals surface area contributed by atoms with Crippen molar-refractivity contribution in [3.63, 3.8) is 0 Å². The average molecular weight is 357 g/mol. The van der Waals surface area contributed by atoms with Gasteiger partial charge in [0.25, 0.3) is 0 Å². The molecule has 25 heavy (non-hydrogen) atoms. The Morgan fingerprint density at radius 1 is 1.28 bits per heavy atom. The lowest BCUT2D eigenvalue weighted by atomic mass is 10.2. The van der Waals surface area contributed by atoms with Gasteiger partial charge in [-0.2, -0.15) is 9.97 Å². The number of carbonyl (C=O) groups excluding carboxylic acids is 1. The van der Waals surface area contributed by atoms with Crippen molar-refractivity contribution in [3.05, 3.63) is 41.4 Å². The first kappa shape index (κ1) is 15.8. The van der Waals surface area contributed by atoms with E-state index in [2.05, 4.69) is 24.8 Å². The Labute approximate surface area is 149 Å². The van der Waals surface area contributed by atoms with Crippen molar-refractivity contribution in [2.45, 2.75) is 31.7 Å². The number of primary amides is 1. The second kappa shape index (κ2) is 6.33. The predicted molar refractivity (Wildman–Crippen MR) is 96.1 cm³/mol. The second-order valence-corrected chi connectivity index (χ2v) is 6.51. The molecule has 7 nitrogen and oxygen atoms in total. The van der Waals surface area contributed by atoms with Gasteiger partial charge in [-0.15, -0.1) is 0 Å². The molecule has 0 unspecified atom stereocenters. The number of nitrogens with zero attached hydrogens (tertiary/aromatic N) is 4. The Morgan fingerprint density at radius 3 is 2.84 bits per heavy atom. The molecule has 1 saturated carbocycles. The summed E-state index contributed by atoms with van der Waals surface area (Å²) < 4.78 is 2.08. The number of benzene rings is 1. The lowest BCUT2D eigenvalue weighted by molar-refractivity contribution is 0.100. The van der Waals surface area contributed by atoms with E-state index >= 15 is 0 Å². The van der Waals surface area contributed by atoms with Gasteiger partial charge < -0.3 is 15.6 Å². The number of halogens is 1. The van der Waals surface area contributed by atoms with Crippen molar-refractivity contribution in [2.75, 3.05) is 5.32 Å². The van der Waals surface area contributed by atoms with Gasteiger partial charge in [-0.25, -0.2) is 4.98 Å². The molecule has 0 radical (unpaired) electrons. The molecule has 1 aliphatic rings. The maximum absolute atomic E-state index is 11.4. The number of fused-ring (bicyclic) bond motifs is 1. The molecule has 1 fully saturated rings. The van der Waals surface area contributed by atoms with Crippen LogP contribution in [0.15, 0.2) is 30.6 Å². The quantitative estimate of drug-likeness (QED) is 0.697. The lowest BCUT2D eigenvalue weighted by Crippen LogP contribution is -2.11. The number of hydrogen-bond donors (Lipinski definition) is 2. The van der Waals surface area contributed by atoms with E-state index in [1.165, 1.54) is 12.8 Å². The highest BCUT2D eigenvalue weighted by Gasteiger charge is 2.21. The van der Waals surface area contributed by atoms with E-state index in [9.17, 15) is 4.79 Å². The standard InChI is InChI=1S/C17H17ClN6O/c18-17-22-15(21-11-5-3-4-10(8-11)14(19)25)13-16(23-17)24(9-20-13)12-6-1-2-7-12/h3-5,8-9,12H,1-2,6-7H2,(H2,19,25)(H,21,22,23). The normalized spacial score (nSPS) is 14.9. The summed E-state index contributed by atoms with van der Waals surface area (Å²) in [5, 5.41) is 3.32. The van der Waals surface area contributed by atoms with Crippen molar-refractivity contribution >= 4 is 40.2 Å². The molecule has 2 aromatic heterocycles. The summed E-state index contributed by atoms with van der Waals surface area (Å²) in [4.78, 5) is 24.5. The number of imidazole rings is 1. The van der Waals surface area contributed by atoms with Gasteiger partial charge in [-0.05, 0) is 42.6 Å². The zero-order valence-corrected chi connectivity index (χ0v) is 14.2. The van der Waals surface area contributed by atoms with Crippen molar-refractivity contribution in [1.82, 2.24) is 19.5 Å². The third-order valence-corrected chi connectivity index (χ3v) is 4.69. The molecule has 0 saturated heterocycles. The number of nitrogens with two attached hydrogens (primary N) is 1. The van der Waals surface area contributed by atoms with Crippen LogP contribution in [0.3, 0.4) is 0 Å². The van der Waals surface area contributed by atoms with Gasteiger partial charge in [0, 0.05) is 17.3 Å². The summed E-state index contributed by atoms with van der Waals surface area (Å²) in [5.74, 6) is 0.0217. The summed E-state index contributed by atoms with van der Waals surface area (Å²) in [7, 11) is 0. The topological polar surface area (TPSA) is 98.7 Å². The zero-order chi connectivity index (χ0) is 17.4. The van der Waals surface area contributed by atoms with Gasteiger partial charge in [0.1, 0.15) is 0 Å². The van der Waals surface area contributed by atoms with Gasteiger partial charge in [0.15, 0.2) is 17.0 Å². The molecule has 1 aromatic carbocycles. The number of hydrogen-bond acceptors (Lipinski definition) is 5. The lowest BCUT2D eigenvalue weighted by Gasteiger charge is -2.12. The smallest absolute Gasteiger partial charge is 0.248 e. The Hall–Kier alpha value is -2.67. The van der Waals surface area contributed by atoms with Crippen LogP contribution in [-0.2, 0) is 0 Å². The summed E-state index contributed by atoms with van der Waals surface area (Å²) in [6.45, 7) is 0. The van der Waals surface area contributed by atoms with E-state index in [-0.39, 0.29) is 5.28 Å². The molecule has 8 heteroatoms. The van der Waals surface area contributed by atoms with Gasteiger partial charge in [-0.3, -0.25) is 4.79 Å². The third-order valence-electron chi connectivity index (χ3n) is 4.52. The fraction of sp³-hybridized carbons (Fsp3) is 0.294. The molecule has 0 bridgehead atoms. The van der Waals surface area contributed by atoms with E-state index in [0.29, 0.717) is 28.6 Å². The van der Waals surface area contributed by atoms with E-state index in [1.54, 1.807) is 24.5 Å². The van der Waals surface area contributed by atoms with Crippen LogP contribution in [0.4, 0.5) is 11.5 Å². The fourth-order valence-corrected chi connectivity index (χ4v) is 3.48. The zero-order valence-electron chi connectivity index (χ0n) is 13.4. The van der Waals surface area contributed by atoms with Crippen molar-refractivity contribution in [1.29, 1.82) is 0 Å². The molecule has 1 amide bonds. The number of amides is 1. The van der Waals surface area contributed by atoms with Crippen LogP contribution in [-0.4, -0.2) is 25.4 Å². The van der Waals surface area contributed by atoms with E-state index in [4.69, 9.17) is 17.3 Å². The molecule has 3 N–H and O–H groups in total. The third kappa shape index (κ3) is 3.02. The van der Waals surface area contributed by atoms with Gasteiger partial charge in [0.05, 0.1) is 6.33 Å².